The number of ether oxygens (including phenoxy) is 1. The minimum Gasteiger partial charge on any atom is -0.379 e. The van der Waals surface area contributed by atoms with E-state index >= 15 is 0 Å². The van der Waals surface area contributed by atoms with E-state index in [1.807, 2.05) is 60.8 Å². The summed E-state index contributed by atoms with van der Waals surface area (Å²) in [5, 5.41) is 3.83. The molecule has 0 spiro atoms. The number of nitrogens with one attached hydrogen (secondary N) is 1. The monoisotopic (exact) mass is 467 g/mol. The molecule has 1 aromatic heterocycles. The van der Waals surface area contributed by atoms with Crippen molar-refractivity contribution in [1.29, 1.82) is 0 Å². The van der Waals surface area contributed by atoms with Crippen LogP contribution in [0.15, 0.2) is 78.0 Å². The van der Waals surface area contributed by atoms with Crippen molar-refractivity contribution in [2.24, 2.45) is 0 Å². The zero-order chi connectivity index (χ0) is 22.2. The van der Waals surface area contributed by atoms with E-state index in [0.717, 1.165) is 29.3 Å². The largest absolute Gasteiger partial charge is 0.379 e. The first-order valence-corrected chi connectivity index (χ1v) is 12.0. The quantitative estimate of drug-likeness (QED) is 0.481. The van der Waals surface area contributed by atoms with Crippen LogP contribution in [0.25, 0.3) is 0 Å². The highest BCUT2D eigenvalue weighted by Gasteiger charge is 2.23. The van der Waals surface area contributed by atoms with E-state index in [0.29, 0.717) is 30.3 Å². The molecule has 1 saturated heterocycles. The average Bonchev–Trinajstić information content (AvgIpc) is 2.85. The summed E-state index contributed by atoms with van der Waals surface area (Å²) in [5.41, 5.74) is 2.97. The van der Waals surface area contributed by atoms with Crippen molar-refractivity contribution >= 4 is 29.3 Å². The van der Waals surface area contributed by atoms with Crippen LogP contribution in [0.2, 0.25) is 5.02 Å². The van der Waals surface area contributed by atoms with Crippen molar-refractivity contribution < 1.29 is 9.53 Å². The van der Waals surface area contributed by atoms with Crippen LogP contribution in [0.4, 0.5) is 0 Å². The van der Waals surface area contributed by atoms with Crippen molar-refractivity contribution in [3.05, 3.63) is 94.8 Å². The van der Waals surface area contributed by atoms with Crippen molar-refractivity contribution in [1.82, 2.24) is 15.2 Å². The maximum absolute atomic E-state index is 12.8. The van der Waals surface area contributed by atoms with Gasteiger partial charge >= 0.3 is 0 Å². The number of amides is 1. The topological polar surface area (TPSA) is 54.5 Å². The van der Waals surface area contributed by atoms with Gasteiger partial charge in [-0.05, 0) is 53.6 Å². The van der Waals surface area contributed by atoms with Crippen LogP contribution >= 0.6 is 23.4 Å². The Morgan fingerprint density at radius 2 is 1.84 bits per heavy atom. The fraction of sp³-hybridized carbons (Fsp3) is 0.280. The van der Waals surface area contributed by atoms with Gasteiger partial charge in [-0.1, -0.05) is 29.8 Å². The van der Waals surface area contributed by atoms with Gasteiger partial charge in [0.25, 0.3) is 5.91 Å². The molecule has 0 radical (unpaired) electrons. The molecule has 1 unspecified atom stereocenters. The lowest BCUT2D eigenvalue weighted by atomic mass is 10.0. The molecule has 4 rings (SSSR count). The summed E-state index contributed by atoms with van der Waals surface area (Å²) in [6.45, 7) is 3.61. The van der Waals surface area contributed by atoms with Crippen molar-refractivity contribution in [2.75, 3.05) is 32.8 Å². The van der Waals surface area contributed by atoms with Crippen LogP contribution < -0.4 is 5.32 Å². The summed E-state index contributed by atoms with van der Waals surface area (Å²) in [5.74, 6) is 0.780. The number of hydrogen-bond donors (Lipinski definition) is 1. The second-order valence-electron chi connectivity index (χ2n) is 7.60. The number of benzene rings is 2. The molecule has 1 amide bonds. The maximum Gasteiger partial charge on any atom is 0.251 e. The molecule has 32 heavy (non-hydrogen) atoms. The van der Waals surface area contributed by atoms with Crippen LogP contribution in [-0.4, -0.2) is 48.6 Å². The van der Waals surface area contributed by atoms with Gasteiger partial charge in [-0.2, -0.15) is 0 Å². The van der Waals surface area contributed by atoms with Crippen LogP contribution in [0, 0.1) is 0 Å². The molecule has 3 aromatic rings. The zero-order valence-electron chi connectivity index (χ0n) is 17.7. The van der Waals surface area contributed by atoms with Gasteiger partial charge < -0.3 is 10.1 Å². The lowest BCUT2D eigenvalue weighted by Gasteiger charge is -2.35. The van der Waals surface area contributed by atoms with Crippen LogP contribution in [-0.2, 0) is 10.5 Å². The first-order chi connectivity index (χ1) is 15.7. The number of hydrogen-bond acceptors (Lipinski definition) is 5. The normalized spacial score (nSPS) is 15.3. The summed E-state index contributed by atoms with van der Waals surface area (Å²) >= 11 is 7.80. The van der Waals surface area contributed by atoms with E-state index in [1.54, 1.807) is 18.0 Å². The summed E-state index contributed by atoms with van der Waals surface area (Å²) in [7, 11) is 0. The maximum atomic E-state index is 12.8. The van der Waals surface area contributed by atoms with E-state index in [1.165, 1.54) is 5.56 Å². The zero-order valence-corrected chi connectivity index (χ0v) is 19.3. The predicted molar refractivity (Wildman–Crippen MR) is 129 cm³/mol. The number of morpholine rings is 1. The molecular formula is C25H26ClN3O2S. The Labute approximate surface area is 198 Å². The number of rotatable bonds is 8. The highest BCUT2D eigenvalue weighted by atomic mass is 35.5. The van der Waals surface area contributed by atoms with E-state index in [2.05, 4.69) is 21.3 Å². The molecule has 0 bridgehead atoms. The number of aromatic nitrogens is 1. The SMILES string of the molecule is O=C(NCC(c1ccc(Cl)cc1)N1CCOCC1)c1ccc(SCc2cccnc2)cc1. The fourth-order valence-corrected chi connectivity index (χ4v) is 4.63. The Morgan fingerprint density at radius 1 is 1.09 bits per heavy atom. The summed E-state index contributed by atoms with van der Waals surface area (Å²) in [4.78, 5) is 20.4. The highest BCUT2D eigenvalue weighted by Crippen LogP contribution is 2.24. The van der Waals surface area contributed by atoms with E-state index in [-0.39, 0.29) is 11.9 Å². The lowest BCUT2D eigenvalue weighted by molar-refractivity contribution is 0.0162. The Hall–Kier alpha value is -2.38. The molecule has 1 atom stereocenters. The summed E-state index contributed by atoms with van der Waals surface area (Å²) in [6.07, 6.45) is 3.65. The molecule has 2 aromatic carbocycles. The molecule has 1 aliphatic rings. The number of carbonyl (C=O) groups is 1. The Bertz CT molecular complexity index is 994. The van der Waals surface area contributed by atoms with Gasteiger partial charge in [-0.3, -0.25) is 14.7 Å². The van der Waals surface area contributed by atoms with Gasteiger partial charge in [0.2, 0.25) is 0 Å². The van der Waals surface area contributed by atoms with Gasteiger partial charge in [0.1, 0.15) is 0 Å². The first kappa shape index (κ1) is 22.8. The third kappa shape index (κ3) is 6.33. The Balaban J connectivity index is 1.36. The molecule has 166 valence electrons. The molecule has 0 aliphatic carbocycles. The molecule has 7 heteroatoms. The van der Waals surface area contributed by atoms with Gasteiger partial charge in [-0.25, -0.2) is 0 Å². The molecule has 1 aliphatic heterocycles. The third-order valence-corrected chi connectivity index (χ3v) is 6.78. The van der Waals surface area contributed by atoms with Gasteiger partial charge in [0.05, 0.1) is 19.3 Å². The van der Waals surface area contributed by atoms with Crippen LogP contribution in [0.1, 0.15) is 27.5 Å². The summed E-state index contributed by atoms with van der Waals surface area (Å²) < 4.78 is 5.50. The third-order valence-electron chi connectivity index (χ3n) is 5.44. The second-order valence-corrected chi connectivity index (χ2v) is 9.09. The number of nitrogens with zero attached hydrogens (tertiary/aromatic N) is 2. The van der Waals surface area contributed by atoms with E-state index < -0.39 is 0 Å². The number of carbonyl (C=O) groups excluding carboxylic acids is 1. The van der Waals surface area contributed by atoms with Crippen LogP contribution in [0.5, 0.6) is 0 Å². The number of thioether (sulfide) groups is 1. The van der Waals surface area contributed by atoms with E-state index in [4.69, 9.17) is 16.3 Å². The molecule has 1 N–H and O–H groups in total. The van der Waals surface area contributed by atoms with Crippen molar-refractivity contribution in [3.8, 4) is 0 Å². The second kappa shape index (κ2) is 11.5. The highest BCUT2D eigenvalue weighted by molar-refractivity contribution is 7.98. The standard InChI is InChI=1S/C25H26ClN3O2S/c26-22-7-3-20(4-8-22)24(29-12-14-31-15-13-29)17-28-25(30)21-5-9-23(10-6-21)32-18-19-2-1-11-27-16-19/h1-11,16,24H,12-15,17-18H2,(H,28,30). The molecule has 2 heterocycles. The summed E-state index contributed by atoms with van der Waals surface area (Å²) in [6, 6.07) is 19.7. The predicted octanol–water partition coefficient (Wildman–Crippen LogP) is 4.83. The number of halogens is 1. The lowest BCUT2D eigenvalue weighted by Crippen LogP contribution is -2.43. The average molecular weight is 468 g/mol. The minimum absolute atomic E-state index is 0.0685. The van der Waals surface area contributed by atoms with Crippen LogP contribution in [0.3, 0.4) is 0 Å². The molecule has 0 saturated carbocycles. The first-order valence-electron chi connectivity index (χ1n) is 10.7. The fourth-order valence-electron chi connectivity index (χ4n) is 3.68. The van der Waals surface area contributed by atoms with Gasteiger partial charge in [0, 0.05) is 53.3 Å². The van der Waals surface area contributed by atoms with Gasteiger partial charge in [0.15, 0.2) is 0 Å². The molecule has 5 nitrogen and oxygen atoms in total. The smallest absolute Gasteiger partial charge is 0.251 e. The van der Waals surface area contributed by atoms with E-state index in [9.17, 15) is 4.79 Å². The van der Waals surface area contributed by atoms with Crippen molar-refractivity contribution in [3.63, 3.8) is 0 Å². The Morgan fingerprint density at radius 3 is 2.53 bits per heavy atom. The Kier molecular flexibility index (Phi) is 8.18. The molecule has 1 fully saturated rings. The number of pyridine rings is 1. The minimum atomic E-state index is -0.0685. The molecular weight excluding hydrogens is 442 g/mol. The van der Waals surface area contributed by atoms with Crippen molar-refractivity contribution in [2.45, 2.75) is 16.7 Å². The van der Waals surface area contributed by atoms with Gasteiger partial charge in [-0.15, -0.1) is 11.8 Å².